The van der Waals surface area contributed by atoms with Crippen LogP contribution in [0.4, 0.5) is 10.2 Å². The lowest BCUT2D eigenvalue weighted by Gasteiger charge is -2.25. The highest BCUT2D eigenvalue weighted by Crippen LogP contribution is 2.17. The van der Waals surface area contributed by atoms with Gasteiger partial charge in [-0.15, -0.1) is 0 Å². The second-order valence-corrected chi connectivity index (χ2v) is 4.76. The van der Waals surface area contributed by atoms with E-state index in [4.69, 9.17) is 0 Å². The van der Waals surface area contributed by atoms with Crippen molar-refractivity contribution >= 4 is 11.7 Å². The molecule has 1 aliphatic heterocycles. The molecule has 1 amide bonds. The molecule has 1 aliphatic rings. The topological polar surface area (TPSA) is 54.0 Å². The van der Waals surface area contributed by atoms with Crippen LogP contribution >= 0.6 is 0 Å². The number of nitrogens with one attached hydrogen (secondary N) is 2. The van der Waals surface area contributed by atoms with Crippen molar-refractivity contribution in [3.05, 3.63) is 59.5 Å². The van der Waals surface area contributed by atoms with Crippen molar-refractivity contribution in [2.24, 2.45) is 0 Å². The third kappa shape index (κ3) is 2.67. The molecule has 0 aliphatic carbocycles. The summed E-state index contributed by atoms with van der Waals surface area (Å²) in [7, 11) is 0. The van der Waals surface area contributed by atoms with Crippen LogP contribution in [-0.2, 0) is 17.8 Å². The molecule has 20 heavy (non-hydrogen) atoms. The molecule has 4 nitrogen and oxygen atoms in total. The van der Waals surface area contributed by atoms with Crippen LogP contribution in [0.2, 0.25) is 0 Å². The van der Waals surface area contributed by atoms with Gasteiger partial charge in [-0.05, 0) is 29.7 Å². The SMILES string of the molecule is O=C(Nc1ccc(F)cn1)[C@@H]1Cc2ccccc2CN1. The van der Waals surface area contributed by atoms with Crippen molar-refractivity contribution in [2.45, 2.75) is 19.0 Å². The van der Waals surface area contributed by atoms with Gasteiger partial charge in [0.05, 0.1) is 12.2 Å². The molecule has 0 unspecified atom stereocenters. The van der Waals surface area contributed by atoms with E-state index in [0.717, 1.165) is 6.20 Å². The number of hydrogen-bond acceptors (Lipinski definition) is 3. The first-order chi connectivity index (χ1) is 9.72. The third-order valence-corrected chi connectivity index (χ3v) is 3.38. The van der Waals surface area contributed by atoms with Gasteiger partial charge in [0.2, 0.25) is 5.91 Å². The fourth-order valence-corrected chi connectivity index (χ4v) is 2.30. The molecular formula is C15H14FN3O. The number of halogens is 1. The first-order valence-corrected chi connectivity index (χ1v) is 6.45. The number of amides is 1. The lowest BCUT2D eigenvalue weighted by molar-refractivity contribution is -0.118. The van der Waals surface area contributed by atoms with E-state index in [1.807, 2.05) is 18.2 Å². The highest BCUT2D eigenvalue weighted by atomic mass is 19.1. The summed E-state index contributed by atoms with van der Waals surface area (Å²) >= 11 is 0. The average Bonchev–Trinajstić information content (AvgIpc) is 2.49. The summed E-state index contributed by atoms with van der Waals surface area (Å²) in [5, 5.41) is 5.88. The number of nitrogens with zero attached hydrogens (tertiary/aromatic N) is 1. The van der Waals surface area contributed by atoms with E-state index in [9.17, 15) is 9.18 Å². The molecular weight excluding hydrogens is 257 g/mol. The summed E-state index contributed by atoms with van der Waals surface area (Å²) in [4.78, 5) is 16.0. The zero-order valence-electron chi connectivity index (χ0n) is 10.8. The Balaban J connectivity index is 1.68. The first-order valence-electron chi connectivity index (χ1n) is 6.45. The van der Waals surface area contributed by atoms with Crippen LogP contribution in [0.3, 0.4) is 0 Å². The molecule has 3 rings (SSSR count). The molecule has 0 saturated heterocycles. The number of anilines is 1. The minimum absolute atomic E-state index is 0.154. The molecule has 1 aromatic carbocycles. The third-order valence-electron chi connectivity index (χ3n) is 3.38. The Morgan fingerprint density at radius 1 is 1.25 bits per heavy atom. The van der Waals surface area contributed by atoms with Crippen LogP contribution in [0, 0.1) is 5.82 Å². The minimum atomic E-state index is -0.423. The van der Waals surface area contributed by atoms with Gasteiger partial charge >= 0.3 is 0 Å². The van der Waals surface area contributed by atoms with E-state index in [1.54, 1.807) is 0 Å². The summed E-state index contributed by atoms with van der Waals surface area (Å²) in [5.41, 5.74) is 2.40. The van der Waals surface area contributed by atoms with Crippen molar-refractivity contribution in [1.29, 1.82) is 0 Å². The number of fused-ring (bicyclic) bond motifs is 1. The number of aromatic nitrogens is 1. The number of pyridine rings is 1. The quantitative estimate of drug-likeness (QED) is 0.876. The zero-order valence-corrected chi connectivity index (χ0v) is 10.8. The average molecular weight is 271 g/mol. The molecule has 2 aromatic rings. The van der Waals surface area contributed by atoms with Crippen LogP contribution in [0.5, 0.6) is 0 Å². The predicted molar refractivity (Wildman–Crippen MR) is 73.6 cm³/mol. The number of rotatable bonds is 2. The van der Waals surface area contributed by atoms with Gasteiger partial charge in [0.1, 0.15) is 11.6 Å². The van der Waals surface area contributed by atoms with Crippen LogP contribution in [0.1, 0.15) is 11.1 Å². The largest absolute Gasteiger partial charge is 0.309 e. The lowest BCUT2D eigenvalue weighted by atomic mass is 9.95. The van der Waals surface area contributed by atoms with Gasteiger partial charge in [0.25, 0.3) is 0 Å². The number of carbonyl (C=O) groups is 1. The molecule has 2 heterocycles. The Morgan fingerprint density at radius 3 is 2.80 bits per heavy atom. The molecule has 1 aromatic heterocycles. The van der Waals surface area contributed by atoms with E-state index >= 15 is 0 Å². The molecule has 102 valence electrons. The van der Waals surface area contributed by atoms with E-state index in [0.29, 0.717) is 18.8 Å². The maximum atomic E-state index is 12.8. The first kappa shape index (κ1) is 12.7. The highest BCUT2D eigenvalue weighted by Gasteiger charge is 2.23. The molecule has 0 spiro atoms. The molecule has 5 heteroatoms. The Morgan fingerprint density at radius 2 is 2.05 bits per heavy atom. The highest BCUT2D eigenvalue weighted by molar-refractivity contribution is 5.94. The van der Waals surface area contributed by atoms with Crippen molar-refractivity contribution in [3.63, 3.8) is 0 Å². The van der Waals surface area contributed by atoms with E-state index in [1.165, 1.54) is 23.3 Å². The van der Waals surface area contributed by atoms with E-state index in [2.05, 4.69) is 21.7 Å². The lowest BCUT2D eigenvalue weighted by Crippen LogP contribution is -2.44. The van der Waals surface area contributed by atoms with Crippen molar-refractivity contribution in [3.8, 4) is 0 Å². The van der Waals surface area contributed by atoms with Gasteiger partial charge in [0, 0.05) is 6.54 Å². The predicted octanol–water partition coefficient (Wildman–Crippen LogP) is 1.87. The Labute approximate surface area is 116 Å². The standard InChI is InChI=1S/C15H14FN3O/c16-12-5-6-14(18-9-12)19-15(20)13-7-10-3-1-2-4-11(10)8-17-13/h1-6,9,13,17H,7-8H2,(H,18,19,20)/t13-/m0/s1. The molecule has 0 radical (unpaired) electrons. The number of hydrogen-bond donors (Lipinski definition) is 2. The van der Waals surface area contributed by atoms with Crippen LogP contribution in [0.25, 0.3) is 0 Å². The molecule has 0 bridgehead atoms. The summed E-state index contributed by atoms with van der Waals surface area (Å²) in [6, 6.07) is 10.5. The zero-order chi connectivity index (χ0) is 13.9. The molecule has 0 saturated carbocycles. The second kappa shape index (κ2) is 5.38. The van der Waals surface area contributed by atoms with Gasteiger partial charge in [-0.3, -0.25) is 4.79 Å². The van der Waals surface area contributed by atoms with Gasteiger partial charge in [-0.2, -0.15) is 0 Å². The van der Waals surface area contributed by atoms with Gasteiger partial charge in [-0.25, -0.2) is 9.37 Å². The second-order valence-electron chi connectivity index (χ2n) is 4.76. The summed E-state index contributed by atoms with van der Waals surface area (Å²) < 4.78 is 12.8. The van der Waals surface area contributed by atoms with Crippen molar-refractivity contribution in [1.82, 2.24) is 10.3 Å². The Kier molecular flexibility index (Phi) is 3.43. The summed E-state index contributed by atoms with van der Waals surface area (Å²) in [5.74, 6) is -0.219. The molecule has 2 N–H and O–H groups in total. The molecule has 0 fully saturated rings. The van der Waals surface area contributed by atoms with Gasteiger partial charge in [0.15, 0.2) is 0 Å². The fourth-order valence-electron chi connectivity index (χ4n) is 2.30. The smallest absolute Gasteiger partial charge is 0.243 e. The van der Waals surface area contributed by atoms with E-state index < -0.39 is 5.82 Å². The summed E-state index contributed by atoms with van der Waals surface area (Å²) in [6.07, 6.45) is 1.72. The minimum Gasteiger partial charge on any atom is -0.309 e. The normalized spacial score (nSPS) is 17.4. The summed E-state index contributed by atoms with van der Waals surface area (Å²) in [6.45, 7) is 0.672. The molecule has 1 atom stereocenters. The fraction of sp³-hybridized carbons (Fsp3) is 0.200. The maximum absolute atomic E-state index is 12.8. The van der Waals surface area contributed by atoms with Crippen molar-refractivity contribution in [2.75, 3.05) is 5.32 Å². The van der Waals surface area contributed by atoms with E-state index in [-0.39, 0.29) is 11.9 Å². The maximum Gasteiger partial charge on any atom is 0.243 e. The van der Waals surface area contributed by atoms with Crippen molar-refractivity contribution < 1.29 is 9.18 Å². The number of benzene rings is 1. The van der Waals surface area contributed by atoms with Gasteiger partial charge in [-0.1, -0.05) is 24.3 Å². The van der Waals surface area contributed by atoms with Crippen LogP contribution < -0.4 is 10.6 Å². The van der Waals surface area contributed by atoms with Gasteiger partial charge < -0.3 is 10.6 Å². The van der Waals surface area contributed by atoms with Crippen LogP contribution in [-0.4, -0.2) is 16.9 Å². The Hall–Kier alpha value is -2.27. The Bertz CT molecular complexity index is 627. The monoisotopic (exact) mass is 271 g/mol. The number of carbonyl (C=O) groups excluding carboxylic acids is 1. The van der Waals surface area contributed by atoms with Crippen LogP contribution in [0.15, 0.2) is 42.6 Å².